The zero-order valence-corrected chi connectivity index (χ0v) is 12.4. The summed E-state index contributed by atoms with van der Waals surface area (Å²) in [5.41, 5.74) is 1.68. The zero-order chi connectivity index (χ0) is 15.4. The Balaban J connectivity index is 2.12. The first-order chi connectivity index (χ1) is 10.0. The van der Waals surface area contributed by atoms with Gasteiger partial charge in [0.15, 0.2) is 0 Å². The van der Waals surface area contributed by atoms with E-state index in [4.69, 9.17) is 4.74 Å². The summed E-state index contributed by atoms with van der Waals surface area (Å²) in [6.07, 6.45) is 1.75. The standard InChI is InChI=1S/C15H20N2O4/c1-3-21-15(18)12-5-4-8-16(10-12)13-6-7-14(17(19)20)11(2)9-13/h6-7,9,12H,3-5,8,10H2,1-2H3/t12-/m1/s1. The number of carbonyl (C=O) groups is 1. The first kappa shape index (κ1) is 15.3. The van der Waals surface area contributed by atoms with E-state index < -0.39 is 0 Å². The van der Waals surface area contributed by atoms with Gasteiger partial charge in [-0.25, -0.2) is 0 Å². The van der Waals surface area contributed by atoms with Crippen LogP contribution in [0.15, 0.2) is 18.2 Å². The van der Waals surface area contributed by atoms with Gasteiger partial charge in [-0.1, -0.05) is 0 Å². The molecule has 0 amide bonds. The maximum Gasteiger partial charge on any atom is 0.310 e. The van der Waals surface area contributed by atoms with E-state index in [2.05, 4.69) is 4.90 Å². The molecule has 1 fully saturated rings. The quantitative estimate of drug-likeness (QED) is 0.484. The van der Waals surface area contributed by atoms with E-state index >= 15 is 0 Å². The molecule has 21 heavy (non-hydrogen) atoms. The zero-order valence-electron chi connectivity index (χ0n) is 12.4. The Labute approximate surface area is 123 Å². The number of hydrogen-bond donors (Lipinski definition) is 0. The Bertz CT molecular complexity index is 544. The smallest absolute Gasteiger partial charge is 0.310 e. The van der Waals surface area contributed by atoms with Gasteiger partial charge in [-0.15, -0.1) is 0 Å². The maximum absolute atomic E-state index is 11.8. The van der Waals surface area contributed by atoms with Crippen molar-refractivity contribution in [2.45, 2.75) is 26.7 Å². The van der Waals surface area contributed by atoms with Crippen LogP contribution in [0.5, 0.6) is 0 Å². The molecule has 1 aromatic rings. The number of nitrogens with zero attached hydrogens (tertiary/aromatic N) is 2. The molecule has 0 aromatic heterocycles. The molecule has 1 aliphatic rings. The number of piperidine rings is 1. The molecule has 114 valence electrons. The number of ether oxygens (including phenoxy) is 1. The van der Waals surface area contributed by atoms with Gasteiger partial charge in [0.05, 0.1) is 17.4 Å². The van der Waals surface area contributed by atoms with Gasteiger partial charge in [0.25, 0.3) is 5.69 Å². The highest BCUT2D eigenvalue weighted by Gasteiger charge is 2.27. The molecule has 1 heterocycles. The van der Waals surface area contributed by atoms with Gasteiger partial charge < -0.3 is 9.64 Å². The van der Waals surface area contributed by atoms with Crippen molar-refractivity contribution in [1.82, 2.24) is 0 Å². The molecular weight excluding hydrogens is 272 g/mol. The van der Waals surface area contributed by atoms with E-state index in [1.54, 1.807) is 19.9 Å². The summed E-state index contributed by atoms with van der Waals surface area (Å²) in [6.45, 7) is 5.39. The molecule has 1 saturated heterocycles. The summed E-state index contributed by atoms with van der Waals surface area (Å²) < 4.78 is 5.08. The van der Waals surface area contributed by atoms with Gasteiger partial charge >= 0.3 is 5.97 Å². The maximum atomic E-state index is 11.8. The fraction of sp³-hybridized carbons (Fsp3) is 0.533. The van der Waals surface area contributed by atoms with E-state index in [9.17, 15) is 14.9 Å². The van der Waals surface area contributed by atoms with Crippen LogP contribution in [0.4, 0.5) is 11.4 Å². The van der Waals surface area contributed by atoms with Crippen molar-refractivity contribution in [3.63, 3.8) is 0 Å². The van der Waals surface area contributed by atoms with Crippen LogP contribution in [0.25, 0.3) is 0 Å². The lowest BCUT2D eigenvalue weighted by Crippen LogP contribution is -2.39. The van der Waals surface area contributed by atoms with E-state index in [0.717, 1.165) is 25.1 Å². The van der Waals surface area contributed by atoms with Gasteiger partial charge in [0.2, 0.25) is 0 Å². The predicted octanol–water partition coefficient (Wildman–Crippen LogP) is 2.68. The molecule has 0 aliphatic carbocycles. The molecule has 0 unspecified atom stereocenters. The SMILES string of the molecule is CCOC(=O)[C@@H]1CCCN(c2ccc([N+](=O)[O-])c(C)c2)C1. The van der Waals surface area contributed by atoms with Crippen molar-refractivity contribution >= 4 is 17.3 Å². The fourth-order valence-electron chi connectivity index (χ4n) is 2.71. The van der Waals surface area contributed by atoms with Crippen LogP contribution in [-0.4, -0.2) is 30.6 Å². The first-order valence-electron chi connectivity index (χ1n) is 7.19. The third-order valence-electron chi connectivity index (χ3n) is 3.78. The number of rotatable bonds is 4. The lowest BCUT2D eigenvalue weighted by molar-refractivity contribution is -0.385. The molecule has 0 bridgehead atoms. The molecule has 6 nitrogen and oxygen atoms in total. The minimum Gasteiger partial charge on any atom is -0.466 e. The lowest BCUT2D eigenvalue weighted by atomic mass is 9.97. The summed E-state index contributed by atoms with van der Waals surface area (Å²) in [5, 5.41) is 10.9. The monoisotopic (exact) mass is 292 g/mol. The van der Waals surface area contributed by atoms with Crippen LogP contribution in [0.1, 0.15) is 25.3 Å². The average molecular weight is 292 g/mol. The Morgan fingerprint density at radius 2 is 2.29 bits per heavy atom. The van der Waals surface area contributed by atoms with Gasteiger partial charge in [0, 0.05) is 30.4 Å². The fourth-order valence-corrected chi connectivity index (χ4v) is 2.71. The van der Waals surface area contributed by atoms with Crippen molar-refractivity contribution in [2.75, 3.05) is 24.6 Å². The summed E-state index contributed by atoms with van der Waals surface area (Å²) in [6, 6.07) is 5.09. The number of esters is 1. The highest BCUT2D eigenvalue weighted by molar-refractivity contribution is 5.73. The number of hydrogen-bond acceptors (Lipinski definition) is 5. The Hall–Kier alpha value is -2.11. The molecule has 2 rings (SSSR count). The van der Waals surface area contributed by atoms with Crippen molar-refractivity contribution < 1.29 is 14.5 Å². The van der Waals surface area contributed by atoms with Crippen molar-refractivity contribution in [1.29, 1.82) is 0 Å². The van der Waals surface area contributed by atoms with Crippen LogP contribution in [0, 0.1) is 23.0 Å². The van der Waals surface area contributed by atoms with Gasteiger partial charge in [-0.3, -0.25) is 14.9 Å². The highest BCUT2D eigenvalue weighted by atomic mass is 16.6. The third-order valence-corrected chi connectivity index (χ3v) is 3.78. The predicted molar refractivity (Wildman–Crippen MR) is 79.4 cm³/mol. The van der Waals surface area contributed by atoms with E-state index in [1.807, 2.05) is 6.07 Å². The minimum atomic E-state index is -0.378. The summed E-state index contributed by atoms with van der Waals surface area (Å²) in [5.74, 6) is -0.268. The first-order valence-corrected chi connectivity index (χ1v) is 7.19. The summed E-state index contributed by atoms with van der Waals surface area (Å²) in [4.78, 5) is 24.4. The number of carbonyl (C=O) groups excluding carboxylic acids is 1. The van der Waals surface area contributed by atoms with Gasteiger partial charge in [-0.05, 0) is 38.8 Å². The van der Waals surface area contributed by atoms with E-state index in [1.165, 1.54) is 6.07 Å². The van der Waals surface area contributed by atoms with Crippen molar-refractivity contribution in [3.8, 4) is 0 Å². The Morgan fingerprint density at radius 1 is 1.52 bits per heavy atom. The normalized spacial score (nSPS) is 18.4. The summed E-state index contributed by atoms with van der Waals surface area (Å²) in [7, 11) is 0. The molecule has 6 heteroatoms. The second kappa shape index (κ2) is 6.56. The lowest BCUT2D eigenvalue weighted by Gasteiger charge is -2.33. The van der Waals surface area contributed by atoms with Crippen LogP contribution in [-0.2, 0) is 9.53 Å². The second-order valence-electron chi connectivity index (χ2n) is 5.27. The second-order valence-corrected chi connectivity index (χ2v) is 5.27. The number of nitro benzene ring substituents is 1. The molecule has 0 radical (unpaired) electrons. The van der Waals surface area contributed by atoms with E-state index in [0.29, 0.717) is 18.7 Å². The van der Waals surface area contributed by atoms with Gasteiger partial charge in [-0.2, -0.15) is 0 Å². The minimum absolute atomic E-state index is 0.116. The topological polar surface area (TPSA) is 72.7 Å². The highest BCUT2D eigenvalue weighted by Crippen LogP contribution is 2.28. The van der Waals surface area contributed by atoms with Gasteiger partial charge in [0.1, 0.15) is 0 Å². The van der Waals surface area contributed by atoms with Crippen LogP contribution < -0.4 is 4.90 Å². The largest absolute Gasteiger partial charge is 0.466 e. The molecular formula is C15H20N2O4. The number of anilines is 1. The molecule has 1 aliphatic heterocycles. The summed E-state index contributed by atoms with van der Waals surface area (Å²) >= 11 is 0. The number of benzene rings is 1. The van der Waals surface area contributed by atoms with Crippen LogP contribution >= 0.6 is 0 Å². The number of nitro groups is 1. The Kier molecular flexibility index (Phi) is 4.77. The third kappa shape index (κ3) is 3.51. The molecule has 0 spiro atoms. The number of aryl methyl sites for hydroxylation is 1. The van der Waals surface area contributed by atoms with Crippen molar-refractivity contribution in [3.05, 3.63) is 33.9 Å². The Morgan fingerprint density at radius 3 is 2.90 bits per heavy atom. The molecule has 0 N–H and O–H groups in total. The van der Waals surface area contributed by atoms with Crippen LogP contribution in [0.3, 0.4) is 0 Å². The molecule has 1 atom stereocenters. The van der Waals surface area contributed by atoms with E-state index in [-0.39, 0.29) is 22.5 Å². The van der Waals surface area contributed by atoms with Crippen molar-refractivity contribution in [2.24, 2.45) is 5.92 Å². The molecule has 1 aromatic carbocycles. The van der Waals surface area contributed by atoms with Crippen LogP contribution in [0.2, 0.25) is 0 Å². The average Bonchev–Trinajstić information content (AvgIpc) is 2.47. The molecule has 0 saturated carbocycles.